The molecule has 1 aliphatic carbocycles. The third-order valence-electron chi connectivity index (χ3n) is 9.53. The highest BCUT2D eigenvalue weighted by atomic mass is 19.1. The van der Waals surface area contributed by atoms with Gasteiger partial charge in [-0.1, -0.05) is 29.8 Å². The summed E-state index contributed by atoms with van der Waals surface area (Å²) in [5.74, 6) is 0.110. The molecule has 0 bridgehead atoms. The Morgan fingerprint density at radius 3 is 2.33 bits per heavy atom. The van der Waals surface area contributed by atoms with Gasteiger partial charge < -0.3 is 24.8 Å². The molecule has 1 spiro atoms. The number of piperazine rings is 1. The number of nitrogens with zero attached hydrogens (tertiary/aromatic N) is 6. The summed E-state index contributed by atoms with van der Waals surface area (Å²) < 4.78 is 18.9. The summed E-state index contributed by atoms with van der Waals surface area (Å²) in [7, 11) is 2.15. The smallest absolute Gasteiger partial charge is 0.272 e. The van der Waals surface area contributed by atoms with Gasteiger partial charge in [-0.2, -0.15) is 0 Å². The highest BCUT2D eigenvalue weighted by Crippen LogP contribution is 2.54. The first-order valence-electron chi connectivity index (χ1n) is 15.6. The number of pyridine rings is 1. The van der Waals surface area contributed by atoms with E-state index in [-0.39, 0.29) is 35.3 Å². The van der Waals surface area contributed by atoms with Gasteiger partial charge in [0.15, 0.2) is 0 Å². The number of nitrogens with one attached hydrogen (secondary N) is 1. The van der Waals surface area contributed by atoms with Crippen LogP contribution >= 0.6 is 0 Å². The fourth-order valence-corrected chi connectivity index (χ4v) is 7.11. The summed E-state index contributed by atoms with van der Waals surface area (Å²) in [6, 6.07) is 11.1. The first-order valence-corrected chi connectivity index (χ1v) is 15.6. The van der Waals surface area contributed by atoms with E-state index in [2.05, 4.69) is 49.2 Å². The van der Waals surface area contributed by atoms with Gasteiger partial charge >= 0.3 is 0 Å². The summed E-state index contributed by atoms with van der Waals surface area (Å²) in [5, 5.41) is 3.06. The van der Waals surface area contributed by atoms with Crippen molar-refractivity contribution < 1.29 is 18.7 Å². The maximum Gasteiger partial charge on any atom is 0.272 e. The number of anilines is 1. The number of allylic oxidation sites excluding steroid dienone is 1. The molecule has 3 aliphatic heterocycles. The van der Waals surface area contributed by atoms with E-state index in [0.717, 1.165) is 48.3 Å². The van der Waals surface area contributed by atoms with E-state index >= 15 is 0 Å². The summed E-state index contributed by atoms with van der Waals surface area (Å²) in [6.45, 7) is 7.65. The van der Waals surface area contributed by atoms with Crippen LogP contribution in [0.5, 0.6) is 0 Å². The van der Waals surface area contributed by atoms with E-state index in [0.29, 0.717) is 50.6 Å². The van der Waals surface area contributed by atoms with Crippen molar-refractivity contribution in [1.29, 1.82) is 0 Å². The Bertz CT molecular complexity index is 1600. The average molecular weight is 612 g/mol. The van der Waals surface area contributed by atoms with Gasteiger partial charge in [-0.3, -0.25) is 19.6 Å². The van der Waals surface area contributed by atoms with Crippen LogP contribution in [0.3, 0.4) is 0 Å². The lowest BCUT2D eigenvalue weighted by Gasteiger charge is -2.56. The van der Waals surface area contributed by atoms with Crippen molar-refractivity contribution in [3.63, 3.8) is 0 Å². The molecule has 11 heteroatoms. The summed E-state index contributed by atoms with van der Waals surface area (Å²) in [6.07, 6.45) is 6.47. The van der Waals surface area contributed by atoms with Crippen molar-refractivity contribution in [2.24, 2.45) is 11.3 Å². The molecule has 3 saturated heterocycles. The lowest BCUT2D eigenvalue weighted by atomic mass is 9.59. The number of benzene rings is 1. The molecule has 2 amide bonds. The second-order valence-electron chi connectivity index (χ2n) is 13.0. The fourth-order valence-electron chi connectivity index (χ4n) is 7.11. The topological polar surface area (TPSA) is 104 Å². The largest absolute Gasteiger partial charge is 0.380 e. The Morgan fingerprint density at radius 1 is 0.978 bits per heavy atom. The molecule has 4 aliphatic rings. The van der Waals surface area contributed by atoms with Crippen molar-refractivity contribution >= 4 is 23.2 Å². The number of carbonyl (C=O) groups excluding carboxylic acids is 2. The molecule has 4 fully saturated rings. The quantitative estimate of drug-likeness (QED) is 0.434. The first kappa shape index (κ1) is 29.5. The third kappa shape index (κ3) is 5.94. The van der Waals surface area contributed by atoms with E-state index < -0.39 is 0 Å². The number of ether oxygens (including phenoxy) is 1. The number of carbonyl (C=O) groups is 2. The molecule has 1 N–H and O–H groups in total. The van der Waals surface area contributed by atoms with Gasteiger partial charge in [0, 0.05) is 50.3 Å². The number of likely N-dealkylation sites (tertiary alicyclic amines) is 1. The predicted molar refractivity (Wildman–Crippen MR) is 167 cm³/mol. The lowest BCUT2D eigenvalue weighted by molar-refractivity contribution is -0.150. The second-order valence-corrected chi connectivity index (χ2v) is 13.0. The van der Waals surface area contributed by atoms with Crippen molar-refractivity contribution in [1.82, 2.24) is 30.1 Å². The van der Waals surface area contributed by atoms with Gasteiger partial charge in [-0.25, -0.2) is 9.37 Å². The Hall–Kier alpha value is -4.22. The number of hydrogen-bond acceptors (Lipinski definition) is 8. The zero-order chi connectivity index (χ0) is 31.1. The number of amides is 2. The van der Waals surface area contributed by atoms with Crippen molar-refractivity contribution in [2.75, 3.05) is 64.4 Å². The molecular weight excluding hydrogens is 573 g/mol. The third-order valence-corrected chi connectivity index (χ3v) is 9.53. The SMILES string of the molecule is C[C@@H](NC(=O)c1cncc(N2CCN(C(=O)C3COC3)CC2)n1)c1ccc(C(=C2CC3(C2)CN(C)C3)c2ccc(F)cn2)cc1. The standard InChI is InChI=1S/C34H38FN7O3/c1-22(38-32(43)29-16-36-17-30(39-29)41-9-11-42(12-10-41)33(44)26-18-45-19-26)23-3-5-24(6-4-23)31(28-8-7-27(35)15-37-28)25-13-34(14-25)20-40(2)21-34/h3-8,15-17,22,26H,9-14,18-21H2,1-2H3,(H,38,43)/t22-/m1/s1. The number of halogens is 1. The molecule has 5 heterocycles. The molecule has 1 atom stereocenters. The van der Waals surface area contributed by atoms with Gasteiger partial charge in [0.1, 0.15) is 17.3 Å². The minimum atomic E-state index is -0.349. The molecule has 0 unspecified atom stereocenters. The van der Waals surface area contributed by atoms with Crippen LogP contribution < -0.4 is 10.2 Å². The minimum absolute atomic E-state index is 0.0165. The summed E-state index contributed by atoms with van der Waals surface area (Å²) in [4.78, 5) is 45.3. The highest BCUT2D eigenvalue weighted by Gasteiger charge is 2.49. The van der Waals surface area contributed by atoms with Gasteiger partial charge in [0.25, 0.3) is 5.91 Å². The van der Waals surface area contributed by atoms with Crippen LogP contribution in [-0.2, 0) is 9.53 Å². The second kappa shape index (κ2) is 11.9. The van der Waals surface area contributed by atoms with Crippen LogP contribution in [0, 0.1) is 17.2 Å². The van der Waals surface area contributed by atoms with Crippen LogP contribution in [0.25, 0.3) is 5.57 Å². The Balaban J connectivity index is 1.00. The van der Waals surface area contributed by atoms with E-state index in [9.17, 15) is 14.0 Å². The van der Waals surface area contributed by atoms with Crippen LogP contribution in [0.15, 0.2) is 60.6 Å². The van der Waals surface area contributed by atoms with Crippen molar-refractivity contribution in [3.05, 3.63) is 88.9 Å². The van der Waals surface area contributed by atoms with Crippen LogP contribution in [0.2, 0.25) is 0 Å². The molecule has 45 heavy (non-hydrogen) atoms. The molecule has 3 aromatic rings. The maximum absolute atomic E-state index is 13.7. The van der Waals surface area contributed by atoms with E-state index in [1.54, 1.807) is 12.3 Å². The Morgan fingerprint density at radius 2 is 1.71 bits per heavy atom. The Kier molecular flexibility index (Phi) is 7.83. The minimum Gasteiger partial charge on any atom is -0.380 e. The van der Waals surface area contributed by atoms with Crippen LogP contribution in [-0.4, -0.2) is 96.1 Å². The Labute approximate surface area is 262 Å². The van der Waals surface area contributed by atoms with Gasteiger partial charge in [-0.05, 0) is 50.1 Å². The zero-order valence-corrected chi connectivity index (χ0v) is 25.7. The van der Waals surface area contributed by atoms with E-state index in [4.69, 9.17) is 4.74 Å². The summed E-state index contributed by atoms with van der Waals surface area (Å²) >= 11 is 0. The van der Waals surface area contributed by atoms with Gasteiger partial charge in [0.05, 0.1) is 49.5 Å². The zero-order valence-electron chi connectivity index (χ0n) is 25.7. The maximum atomic E-state index is 13.7. The molecular formula is C34H38FN7O3. The molecule has 234 valence electrons. The van der Waals surface area contributed by atoms with Crippen LogP contribution in [0.4, 0.5) is 10.2 Å². The fraction of sp³-hybridized carbons (Fsp3) is 0.441. The number of rotatable bonds is 7. The first-order chi connectivity index (χ1) is 21.8. The van der Waals surface area contributed by atoms with Gasteiger partial charge in [-0.15, -0.1) is 0 Å². The number of hydrogen-bond donors (Lipinski definition) is 1. The molecule has 1 aromatic carbocycles. The molecule has 0 radical (unpaired) electrons. The lowest BCUT2D eigenvalue weighted by Crippen LogP contribution is -2.58. The molecule has 1 saturated carbocycles. The normalized spacial score (nSPS) is 20.2. The van der Waals surface area contributed by atoms with E-state index in [1.165, 1.54) is 24.0 Å². The number of aromatic nitrogens is 3. The van der Waals surface area contributed by atoms with Crippen molar-refractivity contribution in [3.8, 4) is 0 Å². The average Bonchev–Trinajstić information content (AvgIpc) is 2.99. The highest BCUT2D eigenvalue weighted by molar-refractivity contribution is 5.92. The van der Waals surface area contributed by atoms with E-state index in [1.807, 2.05) is 24.0 Å². The van der Waals surface area contributed by atoms with Crippen molar-refractivity contribution in [2.45, 2.75) is 25.8 Å². The van der Waals surface area contributed by atoms with Crippen LogP contribution in [0.1, 0.15) is 53.1 Å². The van der Waals surface area contributed by atoms with Gasteiger partial charge in [0.2, 0.25) is 5.91 Å². The predicted octanol–water partition coefficient (Wildman–Crippen LogP) is 3.32. The molecule has 10 nitrogen and oxygen atoms in total. The monoisotopic (exact) mass is 611 g/mol. The molecule has 7 rings (SSSR count). The summed E-state index contributed by atoms with van der Waals surface area (Å²) in [5.41, 5.74) is 5.82. The molecule has 2 aromatic heterocycles.